The van der Waals surface area contributed by atoms with E-state index in [2.05, 4.69) is 23.5 Å². The van der Waals surface area contributed by atoms with Gasteiger partial charge in [0, 0.05) is 10.1 Å². The summed E-state index contributed by atoms with van der Waals surface area (Å²) >= 11 is 1.70. The van der Waals surface area contributed by atoms with Gasteiger partial charge in [-0.2, -0.15) is 0 Å². The Hall–Kier alpha value is -2.13. The van der Waals surface area contributed by atoms with Gasteiger partial charge in [0.25, 0.3) is 0 Å². The highest BCUT2D eigenvalue weighted by molar-refractivity contribution is 7.23. The third-order valence-corrected chi connectivity index (χ3v) is 4.05. The topological polar surface area (TPSA) is 29.1 Å². The van der Waals surface area contributed by atoms with E-state index in [4.69, 9.17) is 0 Å². The first-order chi connectivity index (χ1) is 8.90. The van der Waals surface area contributed by atoms with Crippen LogP contribution in [0.4, 0.5) is 5.69 Å². The predicted octanol–water partition coefficient (Wildman–Crippen LogP) is 4.14. The second-order valence-corrected chi connectivity index (χ2v) is 4.98. The van der Waals surface area contributed by atoms with Crippen LogP contribution in [0.3, 0.4) is 0 Å². The van der Waals surface area contributed by atoms with E-state index in [1.807, 2.05) is 36.4 Å². The number of carbonyl (C=O) groups excluding carboxylic acids is 1. The molecule has 18 heavy (non-hydrogen) atoms. The van der Waals surface area contributed by atoms with Crippen LogP contribution in [0, 0.1) is 0 Å². The molecule has 1 aromatic heterocycles. The quantitative estimate of drug-likeness (QED) is 0.698. The number of hydrogen-bond acceptors (Lipinski definition) is 2. The third-order valence-electron chi connectivity index (χ3n) is 2.83. The first-order valence-corrected chi connectivity index (χ1v) is 6.49. The first kappa shape index (κ1) is 11.0. The van der Waals surface area contributed by atoms with Crippen LogP contribution in [-0.2, 0) is 4.79 Å². The summed E-state index contributed by atoms with van der Waals surface area (Å²) in [5, 5.41) is 3.92. The van der Waals surface area contributed by atoms with E-state index in [0.29, 0.717) is 0 Å². The maximum atomic E-state index is 10.8. The van der Waals surface area contributed by atoms with Crippen LogP contribution >= 0.6 is 11.3 Å². The average molecular weight is 253 g/mol. The van der Waals surface area contributed by atoms with Gasteiger partial charge in [-0.05, 0) is 11.6 Å². The number of anilines is 1. The molecule has 2 aromatic carbocycles. The van der Waals surface area contributed by atoms with E-state index in [1.54, 1.807) is 11.3 Å². The Bertz CT molecular complexity index is 688. The second kappa shape index (κ2) is 4.63. The van der Waals surface area contributed by atoms with Gasteiger partial charge >= 0.3 is 0 Å². The summed E-state index contributed by atoms with van der Waals surface area (Å²) in [4.78, 5) is 11.9. The number of hydrogen-bond donors (Lipinski definition) is 1. The van der Waals surface area contributed by atoms with Crippen molar-refractivity contribution in [1.82, 2.24) is 0 Å². The van der Waals surface area contributed by atoms with Crippen molar-refractivity contribution < 1.29 is 4.79 Å². The zero-order valence-corrected chi connectivity index (χ0v) is 10.4. The molecule has 3 aromatic rings. The maximum absolute atomic E-state index is 10.8. The highest BCUT2D eigenvalue weighted by Crippen LogP contribution is 2.42. The molecule has 0 bridgehead atoms. The molecule has 0 fully saturated rings. The van der Waals surface area contributed by atoms with Crippen molar-refractivity contribution in [2.45, 2.75) is 0 Å². The number of amides is 1. The van der Waals surface area contributed by atoms with Crippen LogP contribution in [0.1, 0.15) is 0 Å². The minimum absolute atomic E-state index is 0.737. The van der Waals surface area contributed by atoms with Gasteiger partial charge in [0.2, 0.25) is 6.41 Å². The van der Waals surface area contributed by atoms with Crippen molar-refractivity contribution in [1.29, 1.82) is 0 Å². The monoisotopic (exact) mass is 253 g/mol. The number of thiophene rings is 1. The fourth-order valence-corrected chi connectivity index (χ4v) is 3.21. The van der Waals surface area contributed by atoms with E-state index in [0.717, 1.165) is 27.9 Å². The molecule has 0 spiro atoms. The Morgan fingerprint density at radius 2 is 1.67 bits per heavy atom. The van der Waals surface area contributed by atoms with Gasteiger partial charge in [0.1, 0.15) is 0 Å². The minimum Gasteiger partial charge on any atom is -0.327 e. The highest BCUT2D eigenvalue weighted by atomic mass is 32.1. The fraction of sp³-hybridized carbons (Fsp3) is 0. The zero-order valence-electron chi connectivity index (χ0n) is 9.59. The van der Waals surface area contributed by atoms with Gasteiger partial charge in [0.05, 0.1) is 10.6 Å². The van der Waals surface area contributed by atoms with Crippen LogP contribution in [-0.4, -0.2) is 6.41 Å². The van der Waals surface area contributed by atoms with Crippen molar-refractivity contribution >= 4 is 33.5 Å². The molecule has 1 N–H and O–H groups in total. The molecule has 0 unspecified atom stereocenters. The number of benzene rings is 2. The van der Waals surface area contributed by atoms with E-state index in [1.165, 1.54) is 4.70 Å². The Labute approximate surface area is 109 Å². The summed E-state index contributed by atoms with van der Waals surface area (Å²) in [5.74, 6) is 0. The van der Waals surface area contributed by atoms with Crippen LogP contribution in [0.5, 0.6) is 0 Å². The van der Waals surface area contributed by atoms with Gasteiger partial charge < -0.3 is 5.32 Å². The molecular formula is C15H11NOS. The number of nitrogens with one attached hydrogen (secondary N) is 1. The molecule has 0 aliphatic rings. The van der Waals surface area contributed by atoms with Crippen molar-refractivity contribution in [2.24, 2.45) is 0 Å². The average Bonchev–Trinajstić information content (AvgIpc) is 2.80. The Balaban J connectivity index is 2.28. The molecule has 0 aliphatic heterocycles. The lowest BCUT2D eigenvalue weighted by Crippen LogP contribution is -1.93. The zero-order chi connectivity index (χ0) is 12.4. The lowest BCUT2D eigenvalue weighted by Gasteiger charge is -2.02. The molecule has 0 atom stereocenters. The molecule has 0 aliphatic carbocycles. The normalized spacial score (nSPS) is 10.4. The molecule has 1 amide bonds. The van der Waals surface area contributed by atoms with Crippen molar-refractivity contribution in [3.05, 3.63) is 54.6 Å². The highest BCUT2D eigenvalue weighted by Gasteiger charge is 2.12. The molecule has 3 heteroatoms. The first-order valence-electron chi connectivity index (χ1n) is 5.67. The summed E-state index contributed by atoms with van der Waals surface area (Å²) in [6.07, 6.45) is 0.737. The van der Waals surface area contributed by atoms with Crippen LogP contribution < -0.4 is 5.32 Å². The van der Waals surface area contributed by atoms with Gasteiger partial charge in [-0.3, -0.25) is 4.79 Å². The molecular weight excluding hydrogens is 242 g/mol. The summed E-state index contributed by atoms with van der Waals surface area (Å²) in [6, 6.07) is 18.2. The number of rotatable bonds is 3. The van der Waals surface area contributed by atoms with E-state index >= 15 is 0 Å². The van der Waals surface area contributed by atoms with Gasteiger partial charge in [-0.15, -0.1) is 11.3 Å². The van der Waals surface area contributed by atoms with Crippen LogP contribution in [0.2, 0.25) is 0 Å². The summed E-state index contributed by atoms with van der Waals surface area (Å²) < 4.78 is 1.18. The Morgan fingerprint density at radius 3 is 2.44 bits per heavy atom. The largest absolute Gasteiger partial charge is 0.327 e. The van der Waals surface area contributed by atoms with Gasteiger partial charge in [-0.25, -0.2) is 0 Å². The van der Waals surface area contributed by atoms with Gasteiger partial charge in [0.15, 0.2) is 0 Å². The minimum atomic E-state index is 0.737. The molecule has 0 saturated heterocycles. The van der Waals surface area contributed by atoms with Crippen molar-refractivity contribution in [3.8, 4) is 10.4 Å². The number of fused-ring (bicyclic) bond motifs is 1. The lowest BCUT2D eigenvalue weighted by molar-refractivity contribution is -0.105. The SMILES string of the molecule is O=CNc1c(-c2ccccc2)sc2ccccc12. The second-order valence-electron chi connectivity index (χ2n) is 3.93. The van der Waals surface area contributed by atoms with Crippen LogP contribution in [0.25, 0.3) is 20.5 Å². The smallest absolute Gasteiger partial charge is 0.211 e. The molecule has 0 saturated carbocycles. The summed E-state index contributed by atoms with van der Waals surface area (Å²) in [5.41, 5.74) is 2.03. The molecule has 1 heterocycles. The van der Waals surface area contributed by atoms with Crippen molar-refractivity contribution in [2.75, 3.05) is 5.32 Å². The summed E-state index contributed by atoms with van der Waals surface area (Å²) in [6.45, 7) is 0. The Morgan fingerprint density at radius 1 is 0.944 bits per heavy atom. The molecule has 2 nitrogen and oxygen atoms in total. The summed E-state index contributed by atoms with van der Waals surface area (Å²) in [7, 11) is 0. The standard InChI is InChI=1S/C15H11NOS/c17-10-16-14-12-8-4-5-9-13(12)18-15(14)11-6-2-1-3-7-11/h1-10H,(H,16,17). The Kier molecular flexibility index (Phi) is 2.82. The predicted molar refractivity (Wildman–Crippen MR) is 76.9 cm³/mol. The molecule has 88 valence electrons. The maximum Gasteiger partial charge on any atom is 0.211 e. The van der Waals surface area contributed by atoms with Crippen molar-refractivity contribution in [3.63, 3.8) is 0 Å². The van der Waals surface area contributed by atoms with E-state index < -0.39 is 0 Å². The third kappa shape index (κ3) is 1.79. The van der Waals surface area contributed by atoms with E-state index in [-0.39, 0.29) is 0 Å². The number of carbonyl (C=O) groups is 1. The van der Waals surface area contributed by atoms with Gasteiger partial charge in [-0.1, -0.05) is 48.5 Å². The molecule has 0 radical (unpaired) electrons. The lowest BCUT2D eigenvalue weighted by atomic mass is 10.1. The van der Waals surface area contributed by atoms with E-state index in [9.17, 15) is 4.79 Å². The van der Waals surface area contributed by atoms with Crippen LogP contribution in [0.15, 0.2) is 54.6 Å². The fourth-order valence-electron chi connectivity index (χ4n) is 2.04. The molecule has 3 rings (SSSR count).